The number of benzene rings is 1. The van der Waals surface area contributed by atoms with Crippen molar-refractivity contribution in [2.24, 2.45) is 11.8 Å². The first kappa shape index (κ1) is 24.1. The minimum Gasteiger partial charge on any atom is -0.361 e. The lowest BCUT2D eigenvalue weighted by molar-refractivity contribution is -0.135. The molecule has 2 fully saturated rings. The molecule has 0 spiro atoms. The van der Waals surface area contributed by atoms with Gasteiger partial charge in [-0.3, -0.25) is 9.59 Å². The van der Waals surface area contributed by atoms with Gasteiger partial charge in [0.2, 0.25) is 5.91 Å². The van der Waals surface area contributed by atoms with Crippen molar-refractivity contribution in [3.63, 3.8) is 0 Å². The summed E-state index contributed by atoms with van der Waals surface area (Å²) < 4.78 is 0. The average molecular weight is 493 g/mol. The highest BCUT2D eigenvalue weighted by atomic mass is 32.1. The fourth-order valence-corrected chi connectivity index (χ4v) is 6.23. The largest absolute Gasteiger partial charge is 0.361 e. The van der Waals surface area contributed by atoms with Gasteiger partial charge in [-0.1, -0.05) is 31.2 Å². The third-order valence-electron chi connectivity index (χ3n) is 7.67. The van der Waals surface area contributed by atoms with E-state index in [0.29, 0.717) is 17.2 Å². The molecule has 2 unspecified atom stereocenters. The molecule has 2 aliphatic rings. The van der Waals surface area contributed by atoms with Crippen LogP contribution in [0.5, 0.6) is 0 Å². The highest BCUT2D eigenvalue weighted by Crippen LogP contribution is 2.24. The zero-order valence-electron chi connectivity index (χ0n) is 20.5. The molecule has 0 radical (unpaired) electrons. The maximum Gasteiger partial charge on any atom is 0.262 e. The predicted molar refractivity (Wildman–Crippen MR) is 142 cm³/mol. The van der Waals surface area contributed by atoms with Gasteiger partial charge in [-0.15, -0.1) is 11.3 Å². The second kappa shape index (κ2) is 11.0. The number of carbonyl (C=O) groups excluding carboxylic acids is 2. The molecule has 3 aromatic rings. The predicted octanol–water partition coefficient (Wildman–Crippen LogP) is 4.54. The number of hydrogen-bond donors (Lipinski definition) is 2. The molecule has 5 rings (SSSR count). The number of piperidine rings is 2. The van der Waals surface area contributed by atoms with E-state index >= 15 is 0 Å². The van der Waals surface area contributed by atoms with E-state index in [-0.39, 0.29) is 11.8 Å². The number of nitrogens with zero attached hydrogens (tertiary/aromatic N) is 2. The third-order valence-corrected chi connectivity index (χ3v) is 8.54. The van der Waals surface area contributed by atoms with Crippen LogP contribution in [0.2, 0.25) is 0 Å². The SMILES string of the molecule is CC1CCN(CC2CCCN(C(=O)C(Cc3c[nH]c4ccccc34)NC(=O)c3cccs3)C2)CC1. The fourth-order valence-electron chi connectivity index (χ4n) is 5.60. The van der Waals surface area contributed by atoms with E-state index in [9.17, 15) is 9.59 Å². The van der Waals surface area contributed by atoms with Crippen molar-refractivity contribution in [3.05, 3.63) is 58.4 Å². The highest BCUT2D eigenvalue weighted by Gasteiger charge is 2.32. The summed E-state index contributed by atoms with van der Waals surface area (Å²) in [7, 11) is 0. The lowest BCUT2D eigenvalue weighted by Crippen LogP contribution is -2.53. The van der Waals surface area contributed by atoms with Gasteiger partial charge >= 0.3 is 0 Å². The Morgan fingerprint density at radius 2 is 1.94 bits per heavy atom. The maximum absolute atomic E-state index is 13.8. The Bertz CT molecular complexity index is 1130. The summed E-state index contributed by atoms with van der Waals surface area (Å²) >= 11 is 1.40. The average Bonchev–Trinajstić information content (AvgIpc) is 3.56. The van der Waals surface area contributed by atoms with Gasteiger partial charge in [0, 0.05) is 43.2 Å². The molecule has 4 heterocycles. The van der Waals surface area contributed by atoms with Crippen LogP contribution < -0.4 is 5.32 Å². The number of para-hydroxylation sites is 1. The van der Waals surface area contributed by atoms with E-state index in [1.165, 1.54) is 43.7 Å². The van der Waals surface area contributed by atoms with E-state index in [0.717, 1.165) is 48.4 Å². The Balaban J connectivity index is 1.30. The van der Waals surface area contributed by atoms with Gasteiger partial charge in [-0.05, 0) is 73.7 Å². The summed E-state index contributed by atoms with van der Waals surface area (Å²) in [5.41, 5.74) is 2.11. The smallest absolute Gasteiger partial charge is 0.262 e. The Hall–Kier alpha value is -2.64. The molecule has 1 aromatic carbocycles. The van der Waals surface area contributed by atoms with Gasteiger partial charge in [-0.2, -0.15) is 0 Å². The Morgan fingerprint density at radius 3 is 2.74 bits per heavy atom. The summed E-state index contributed by atoms with van der Waals surface area (Å²) in [5.74, 6) is 1.20. The van der Waals surface area contributed by atoms with Crippen LogP contribution in [-0.2, 0) is 11.2 Å². The maximum atomic E-state index is 13.8. The number of hydrogen-bond acceptors (Lipinski definition) is 4. The Labute approximate surface area is 211 Å². The first-order chi connectivity index (χ1) is 17.1. The first-order valence-corrected chi connectivity index (χ1v) is 13.9. The van der Waals surface area contributed by atoms with Crippen LogP contribution in [0.3, 0.4) is 0 Å². The first-order valence-electron chi connectivity index (χ1n) is 13.0. The van der Waals surface area contributed by atoms with E-state index < -0.39 is 6.04 Å². The molecule has 35 heavy (non-hydrogen) atoms. The molecular formula is C28H36N4O2S. The quantitative estimate of drug-likeness (QED) is 0.509. The lowest BCUT2D eigenvalue weighted by Gasteiger charge is -2.39. The van der Waals surface area contributed by atoms with Gasteiger partial charge < -0.3 is 20.1 Å². The van der Waals surface area contributed by atoms with Crippen molar-refractivity contribution in [2.75, 3.05) is 32.7 Å². The highest BCUT2D eigenvalue weighted by molar-refractivity contribution is 7.12. The minimum atomic E-state index is -0.585. The number of fused-ring (bicyclic) bond motifs is 1. The molecule has 0 aliphatic carbocycles. The minimum absolute atomic E-state index is 0.0390. The van der Waals surface area contributed by atoms with Crippen LogP contribution >= 0.6 is 11.3 Å². The molecule has 6 nitrogen and oxygen atoms in total. The van der Waals surface area contributed by atoms with E-state index in [1.807, 2.05) is 46.8 Å². The molecule has 186 valence electrons. The number of thiophene rings is 1. The standard InChI is InChI=1S/C28H36N4O2S/c1-20-10-13-31(14-11-20)18-21-6-4-12-32(19-21)28(34)25(30-27(33)26-9-5-15-35-26)16-22-17-29-24-8-3-2-7-23(22)24/h2-3,5,7-9,15,17,20-21,25,29H,4,6,10-14,16,18-19H2,1H3,(H,30,33). The monoisotopic (exact) mass is 492 g/mol. The van der Waals surface area contributed by atoms with Crippen LogP contribution in [0.15, 0.2) is 48.0 Å². The Kier molecular flexibility index (Phi) is 7.54. The van der Waals surface area contributed by atoms with E-state index in [2.05, 4.69) is 28.2 Å². The zero-order valence-corrected chi connectivity index (χ0v) is 21.4. The number of amides is 2. The van der Waals surface area contributed by atoms with Gasteiger partial charge in [0.15, 0.2) is 0 Å². The lowest BCUT2D eigenvalue weighted by atomic mass is 9.93. The number of aromatic nitrogens is 1. The number of carbonyl (C=O) groups is 2. The molecule has 2 amide bonds. The van der Waals surface area contributed by atoms with Crippen LogP contribution in [-0.4, -0.2) is 65.4 Å². The number of nitrogens with one attached hydrogen (secondary N) is 2. The molecule has 2 aliphatic heterocycles. The summed E-state index contributed by atoms with van der Waals surface area (Å²) in [6, 6.07) is 11.2. The van der Waals surface area contributed by atoms with Gasteiger partial charge in [-0.25, -0.2) is 0 Å². The van der Waals surface area contributed by atoms with Gasteiger partial charge in [0.05, 0.1) is 4.88 Å². The molecular weight excluding hydrogens is 456 g/mol. The van der Waals surface area contributed by atoms with Crippen molar-refractivity contribution in [3.8, 4) is 0 Å². The molecule has 2 aromatic heterocycles. The number of aromatic amines is 1. The topological polar surface area (TPSA) is 68.4 Å². The fraction of sp³-hybridized carbons (Fsp3) is 0.500. The van der Waals surface area contributed by atoms with Gasteiger partial charge in [0.1, 0.15) is 6.04 Å². The summed E-state index contributed by atoms with van der Waals surface area (Å²) in [6.45, 7) is 7.31. The van der Waals surface area contributed by atoms with Crippen LogP contribution in [0, 0.1) is 11.8 Å². The van der Waals surface area contributed by atoms with Crippen molar-refractivity contribution in [1.82, 2.24) is 20.1 Å². The number of H-pyrrole nitrogens is 1. The molecule has 7 heteroatoms. The van der Waals surface area contributed by atoms with Crippen LogP contribution in [0.4, 0.5) is 0 Å². The van der Waals surface area contributed by atoms with E-state index in [4.69, 9.17) is 0 Å². The summed E-state index contributed by atoms with van der Waals surface area (Å²) in [5, 5.41) is 6.07. The summed E-state index contributed by atoms with van der Waals surface area (Å²) in [6.07, 6.45) is 7.20. The van der Waals surface area contributed by atoms with Crippen LogP contribution in [0.1, 0.15) is 47.8 Å². The number of rotatable bonds is 7. The Morgan fingerprint density at radius 1 is 1.11 bits per heavy atom. The number of likely N-dealkylation sites (tertiary alicyclic amines) is 2. The molecule has 2 saturated heterocycles. The molecule has 0 saturated carbocycles. The normalized spacial score (nSPS) is 20.7. The van der Waals surface area contributed by atoms with Crippen molar-refractivity contribution >= 4 is 34.1 Å². The second-order valence-electron chi connectivity index (χ2n) is 10.3. The van der Waals surface area contributed by atoms with Crippen LogP contribution in [0.25, 0.3) is 10.9 Å². The molecule has 2 N–H and O–H groups in total. The molecule has 0 bridgehead atoms. The molecule has 2 atom stereocenters. The van der Waals surface area contributed by atoms with E-state index in [1.54, 1.807) is 0 Å². The van der Waals surface area contributed by atoms with Crippen molar-refractivity contribution in [2.45, 2.75) is 45.1 Å². The second-order valence-corrected chi connectivity index (χ2v) is 11.3. The third kappa shape index (κ3) is 5.78. The van der Waals surface area contributed by atoms with Crippen molar-refractivity contribution < 1.29 is 9.59 Å². The van der Waals surface area contributed by atoms with Gasteiger partial charge in [0.25, 0.3) is 5.91 Å². The zero-order chi connectivity index (χ0) is 24.2. The summed E-state index contributed by atoms with van der Waals surface area (Å²) in [4.78, 5) is 35.3. The van der Waals surface area contributed by atoms with Crippen molar-refractivity contribution in [1.29, 1.82) is 0 Å².